The number of carbonyl (C=O) groups excluding carboxylic acids is 1. The van der Waals surface area contributed by atoms with Crippen LogP contribution < -0.4 is 0 Å². The third-order valence-electron chi connectivity index (χ3n) is 2.31. The van der Waals surface area contributed by atoms with Crippen LogP contribution in [0.4, 0.5) is 0 Å². The number of pyridine rings is 1. The second kappa shape index (κ2) is 4.50. The summed E-state index contributed by atoms with van der Waals surface area (Å²) in [5.41, 5.74) is 0.131. The Morgan fingerprint density at radius 1 is 1.41 bits per heavy atom. The third-order valence-corrected chi connectivity index (χ3v) is 4.23. The molecule has 0 atom stereocenters. The van der Waals surface area contributed by atoms with E-state index in [0.717, 1.165) is 4.31 Å². The number of nitrogens with zero attached hydrogens (tertiary/aromatic N) is 2. The Kier molecular flexibility index (Phi) is 3.21. The molecular formula is C10H10N2O3S2. The lowest BCUT2D eigenvalue weighted by Crippen LogP contribution is -2.30. The number of sulfonamides is 1. The highest BCUT2D eigenvalue weighted by Crippen LogP contribution is 2.27. The van der Waals surface area contributed by atoms with Gasteiger partial charge >= 0.3 is 0 Å². The molecule has 0 spiro atoms. The first-order chi connectivity index (χ1) is 8.09. The molecule has 0 saturated heterocycles. The third kappa shape index (κ3) is 1.96. The second-order valence-electron chi connectivity index (χ2n) is 3.35. The van der Waals surface area contributed by atoms with Gasteiger partial charge in [-0.2, -0.15) is 21.0 Å². The zero-order chi connectivity index (χ0) is 12.5. The molecule has 0 unspecified atom stereocenters. The quantitative estimate of drug-likeness (QED) is 0.649. The van der Waals surface area contributed by atoms with Gasteiger partial charge in [0.15, 0.2) is 5.03 Å². The molecule has 0 N–H and O–H groups in total. The van der Waals surface area contributed by atoms with E-state index in [0.29, 0.717) is 5.75 Å². The van der Waals surface area contributed by atoms with Crippen LogP contribution in [-0.4, -0.2) is 35.9 Å². The summed E-state index contributed by atoms with van der Waals surface area (Å²) < 4.78 is 24.8. The van der Waals surface area contributed by atoms with Crippen molar-refractivity contribution in [1.82, 2.24) is 9.29 Å². The Hall–Kier alpha value is -1.34. The number of carbonyl (C=O) groups is 1. The molecule has 2 rings (SSSR count). The minimum Gasteiger partial charge on any atom is -0.268 e. The van der Waals surface area contributed by atoms with Gasteiger partial charge in [-0.25, -0.2) is 9.29 Å². The van der Waals surface area contributed by atoms with Crippen molar-refractivity contribution in [3.8, 4) is 0 Å². The Labute approximate surface area is 105 Å². The Balaban J connectivity index is 2.41. The summed E-state index contributed by atoms with van der Waals surface area (Å²) in [5.74, 6) is -0.0373. The maximum absolute atomic E-state index is 12.0. The normalized spacial score (nSPS) is 17.7. The molecule has 0 aromatic carbocycles. The number of thiol groups is 1. The molecule has 1 amide bonds. The van der Waals surface area contributed by atoms with Crippen molar-refractivity contribution in [2.75, 3.05) is 12.3 Å². The second-order valence-corrected chi connectivity index (χ2v) is 5.49. The summed E-state index contributed by atoms with van der Waals surface area (Å²) in [5, 5.41) is -0.163. The number of hydrogen-bond acceptors (Lipinski definition) is 5. The average molecular weight is 270 g/mol. The number of fused-ring (bicyclic) bond motifs is 1. The van der Waals surface area contributed by atoms with Crippen LogP contribution in [0.2, 0.25) is 0 Å². The molecular weight excluding hydrogens is 260 g/mol. The van der Waals surface area contributed by atoms with E-state index in [1.54, 1.807) is 18.2 Å². The number of rotatable bonds is 3. The number of hydrogen-bond donors (Lipinski definition) is 1. The van der Waals surface area contributed by atoms with Gasteiger partial charge in [-0.1, -0.05) is 12.2 Å². The average Bonchev–Trinajstić information content (AvgIpc) is 2.51. The smallest absolute Gasteiger partial charge is 0.268 e. The monoisotopic (exact) mass is 270 g/mol. The van der Waals surface area contributed by atoms with Crippen molar-refractivity contribution in [3.63, 3.8) is 0 Å². The van der Waals surface area contributed by atoms with Crippen molar-refractivity contribution in [2.24, 2.45) is 0 Å². The van der Waals surface area contributed by atoms with E-state index in [1.165, 1.54) is 12.3 Å². The van der Waals surface area contributed by atoms with E-state index in [9.17, 15) is 13.2 Å². The van der Waals surface area contributed by atoms with E-state index in [4.69, 9.17) is 0 Å². The fourth-order valence-electron chi connectivity index (χ4n) is 1.53. The van der Waals surface area contributed by atoms with E-state index in [1.807, 2.05) is 0 Å². The standard InChI is InChI=1S/C10H10N2O3S2/c13-10-8-4-3-5-11-9(8)17(14,15)12(10)6-1-2-7-16/h1-5,16H,6-7H2/b2-1+. The largest absolute Gasteiger partial charge is 0.285 e. The molecule has 0 radical (unpaired) electrons. The molecule has 7 heteroatoms. The minimum atomic E-state index is -3.78. The number of amides is 1. The highest BCUT2D eigenvalue weighted by Gasteiger charge is 2.41. The molecule has 17 heavy (non-hydrogen) atoms. The van der Waals surface area contributed by atoms with Gasteiger partial charge in [0.25, 0.3) is 15.9 Å². The van der Waals surface area contributed by atoms with Crippen LogP contribution in [0.3, 0.4) is 0 Å². The molecule has 90 valence electrons. The fraction of sp³-hybridized carbons (Fsp3) is 0.200. The van der Waals surface area contributed by atoms with Crippen LogP contribution in [0.5, 0.6) is 0 Å². The first kappa shape index (κ1) is 12.1. The molecule has 1 aliphatic rings. The molecule has 1 aromatic heterocycles. The zero-order valence-corrected chi connectivity index (χ0v) is 10.5. The fourth-order valence-corrected chi connectivity index (χ4v) is 3.12. The molecule has 2 heterocycles. The van der Waals surface area contributed by atoms with Gasteiger partial charge in [-0.05, 0) is 12.1 Å². The summed E-state index contributed by atoms with van der Waals surface area (Å²) in [4.78, 5) is 15.6. The summed E-state index contributed by atoms with van der Waals surface area (Å²) in [6.07, 6.45) is 4.63. The van der Waals surface area contributed by atoms with Gasteiger partial charge in [-0.15, -0.1) is 0 Å². The van der Waals surface area contributed by atoms with E-state index in [2.05, 4.69) is 17.6 Å². The van der Waals surface area contributed by atoms with Gasteiger partial charge in [0.1, 0.15) is 0 Å². The van der Waals surface area contributed by atoms with Crippen LogP contribution in [0.15, 0.2) is 35.5 Å². The number of aromatic nitrogens is 1. The summed E-state index contributed by atoms with van der Waals surface area (Å²) in [6.45, 7) is 0.0120. The topological polar surface area (TPSA) is 67.3 Å². The van der Waals surface area contributed by atoms with Crippen molar-refractivity contribution >= 4 is 28.6 Å². The lowest BCUT2D eigenvalue weighted by molar-refractivity contribution is 0.0880. The van der Waals surface area contributed by atoms with Crippen molar-refractivity contribution in [3.05, 3.63) is 36.0 Å². The van der Waals surface area contributed by atoms with Crippen LogP contribution >= 0.6 is 12.6 Å². The SMILES string of the molecule is O=C1c2cccnc2S(=O)(=O)N1C/C=C/CS. The van der Waals surface area contributed by atoms with Crippen LogP contribution in [0.25, 0.3) is 0 Å². The zero-order valence-electron chi connectivity index (χ0n) is 8.78. The minimum absolute atomic E-state index is 0.0120. The van der Waals surface area contributed by atoms with Gasteiger partial charge in [0.2, 0.25) is 0 Å². The lowest BCUT2D eigenvalue weighted by Gasteiger charge is -2.11. The first-order valence-corrected chi connectivity index (χ1v) is 6.94. The highest BCUT2D eigenvalue weighted by atomic mass is 32.2. The van der Waals surface area contributed by atoms with Crippen molar-refractivity contribution < 1.29 is 13.2 Å². The Morgan fingerprint density at radius 2 is 2.18 bits per heavy atom. The predicted molar refractivity (Wildman–Crippen MR) is 65.5 cm³/mol. The highest BCUT2D eigenvalue weighted by molar-refractivity contribution is 7.90. The van der Waals surface area contributed by atoms with Gasteiger partial charge in [-0.3, -0.25) is 4.79 Å². The van der Waals surface area contributed by atoms with Gasteiger partial charge in [0, 0.05) is 11.9 Å². The molecule has 0 fully saturated rings. The molecule has 1 aliphatic heterocycles. The maximum Gasteiger partial charge on any atom is 0.285 e. The van der Waals surface area contributed by atoms with Crippen molar-refractivity contribution in [2.45, 2.75) is 5.03 Å². The van der Waals surface area contributed by atoms with Crippen LogP contribution in [0, 0.1) is 0 Å². The maximum atomic E-state index is 12.0. The van der Waals surface area contributed by atoms with Gasteiger partial charge in [0.05, 0.1) is 12.1 Å². The van der Waals surface area contributed by atoms with Crippen LogP contribution in [-0.2, 0) is 10.0 Å². The first-order valence-electron chi connectivity index (χ1n) is 4.87. The summed E-state index contributed by atoms with van der Waals surface area (Å²) in [6, 6.07) is 3.00. The molecule has 1 aromatic rings. The molecule has 0 aliphatic carbocycles. The van der Waals surface area contributed by atoms with E-state index >= 15 is 0 Å². The Morgan fingerprint density at radius 3 is 2.82 bits per heavy atom. The summed E-state index contributed by atoms with van der Waals surface area (Å²) in [7, 11) is -3.78. The molecule has 5 nitrogen and oxygen atoms in total. The predicted octanol–water partition coefficient (Wildman–Crippen LogP) is 0.712. The van der Waals surface area contributed by atoms with E-state index < -0.39 is 15.9 Å². The molecule has 0 saturated carbocycles. The van der Waals surface area contributed by atoms with Crippen LogP contribution in [0.1, 0.15) is 10.4 Å². The Bertz CT molecular complexity index is 581. The lowest BCUT2D eigenvalue weighted by atomic mass is 10.3. The molecule has 0 bridgehead atoms. The summed E-state index contributed by atoms with van der Waals surface area (Å²) >= 11 is 3.96. The van der Waals surface area contributed by atoms with Crippen molar-refractivity contribution in [1.29, 1.82) is 0 Å². The van der Waals surface area contributed by atoms with E-state index in [-0.39, 0.29) is 17.1 Å². The van der Waals surface area contributed by atoms with Gasteiger partial charge < -0.3 is 0 Å².